The molecule has 1 unspecified atom stereocenters. The van der Waals surface area contributed by atoms with Gasteiger partial charge in [0.1, 0.15) is 6.23 Å². The molecule has 0 aromatic rings. The number of aliphatic imine (C=N–C) groups is 1. The second-order valence-electron chi connectivity index (χ2n) is 1.97. The van der Waals surface area contributed by atoms with Crippen molar-refractivity contribution in [1.29, 1.82) is 0 Å². The molecule has 0 aromatic carbocycles. The third-order valence-electron chi connectivity index (χ3n) is 0.772. The van der Waals surface area contributed by atoms with Gasteiger partial charge in [-0.05, 0) is 20.3 Å². The second kappa shape index (κ2) is 3.61. The molecule has 2 heteroatoms. The first-order chi connectivity index (χ1) is 3.66. The van der Waals surface area contributed by atoms with Gasteiger partial charge in [0, 0.05) is 5.71 Å². The maximum atomic E-state index is 8.84. The van der Waals surface area contributed by atoms with Gasteiger partial charge in [-0.25, -0.2) is 0 Å². The van der Waals surface area contributed by atoms with E-state index < -0.39 is 6.23 Å². The number of aliphatic hydroxyl groups is 1. The van der Waals surface area contributed by atoms with Gasteiger partial charge in [0.15, 0.2) is 0 Å². The van der Waals surface area contributed by atoms with Crippen LogP contribution in [-0.4, -0.2) is 17.0 Å². The molecule has 0 aliphatic rings. The van der Waals surface area contributed by atoms with E-state index in [4.69, 9.17) is 5.11 Å². The topological polar surface area (TPSA) is 32.6 Å². The molecule has 1 atom stereocenters. The summed E-state index contributed by atoms with van der Waals surface area (Å²) in [5, 5.41) is 8.84. The van der Waals surface area contributed by atoms with E-state index in [1.807, 2.05) is 20.8 Å². The van der Waals surface area contributed by atoms with E-state index in [0.29, 0.717) is 6.42 Å². The van der Waals surface area contributed by atoms with Crippen molar-refractivity contribution in [3.05, 3.63) is 0 Å². The van der Waals surface area contributed by atoms with Crippen molar-refractivity contribution in [3.8, 4) is 0 Å². The molecule has 0 aliphatic carbocycles. The smallest absolute Gasteiger partial charge is 0.144 e. The molecular formula is C6H13NO. The van der Waals surface area contributed by atoms with Crippen molar-refractivity contribution in [2.45, 2.75) is 33.4 Å². The molecule has 48 valence electrons. The van der Waals surface area contributed by atoms with Gasteiger partial charge in [0.05, 0.1) is 0 Å². The Labute approximate surface area is 50.3 Å². The van der Waals surface area contributed by atoms with Crippen LogP contribution >= 0.6 is 0 Å². The summed E-state index contributed by atoms with van der Waals surface area (Å²) < 4.78 is 0. The van der Waals surface area contributed by atoms with Crippen molar-refractivity contribution in [3.63, 3.8) is 0 Å². The lowest BCUT2D eigenvalue weighted by molar-refractivity contribution is 0.180. The molecule has 2 nitrogen and oxygen atoms in total. The summed E-state index contributed by atoms with van der Waals surface area (Å²) >= 11 is 0. The molecule has 0 saturated carbocycles. The molecule has 0 rings (SSSR count). The van der Waals surface area contributed by atoms with Crippen molar-refractivity contribution < 1.29 is 5.11 Å². The van der Waals surface area contributed by atoms with Crippen LogP contribution in [0.25, 0.3) is 0 Å². The zero-order valence-corrected chi connectivity index (χ0v) is 5.68. The Hall–Kier alpha value is -0.370. The van der Waals surface area contributed by atoms with Gasteiger partial charge in [0.25, 0.3) is 0 Å². The highest BCUT2D eigenvalue weighted by Gasteiger charge is 1.92. The average molecular weight is 115 g/mol. The molecule has 0 saturated heterocycles. The predicted octanol–water partition coefficient (Wildman–Crippen LogP) is 1.20. The van der Waals surface area contributed by atoms with Crippen molar-refractivity contribution in [1.82, 2.24) is 0 Å². The van der Waals surface area contributed by atoms with Gasteiger partial charge in [-0.15, -0.1) is 0 Å². The molecule has 1 N–H and O–H groups in total. The summed E-state index contributed by atoms with van der Waals surface area (Å²) in [4.78, 5) is 3.87. The Morgan fingerprint density at radius 3 is 2.25 bits per heavy atom. The first kappa shape index (κ1) is 7.63. The molecule has 0 amide bonds. The molecule has 0 aliphatic heterocycles. The largest absolute Gasteiger partial charge is 0.372 e. The first-order valence-electron chi connectivity index (χ1n) is 2.86. The van der Waals surface area contributed by atoms with Gasteiger partial charge >= 0.3 is 0 Å². The number of nitrogens with zero attached hydrogens (tertiary/aromatic N) is 1. The van der Waals surface area contributed by atoms with Gasteiger partial charge in [0.2, 0.25) is 0 Å². The minimum atomic E-state index is -0.486. The van der Waals surface area contributed by atoms with Crippen LogP contribution in [-0.2, 0) is 0 Å². The third kappa shape index (κ3) is 3.81. The van der Waals surface area contributed by atoms with Gasteiger partial charge in [-0.3, -0.25) is 4.99 Å². The Morgan fingerprint density at radius 2 is 2.12 bits per heavy atom. The summed E-state index contributed by atoms with van der Waals surface area (Å²) in [6, 6.07) is 0. The number of hydrogen-bond acceptors (Lipinski definition) is 2. The number of hydrogen-bond donors (Lipinski definition) is 1. The predicted molar refractivity (Wildman–Crippen MR) is 35.1 cm³/mol. The van der Waals surface area contributed by atoms with Crippen molar-refractivity contribution in [2.75, 3.05) is 0 Å². The Balaban J connectivity index is 3.51. The molecule has 0 radical (unpaired) electrons. The first-order valence-corrected chi connectivity index (χ1v) is 2.86. The summed E-state index contributed by atoms with van der Waals surface area (Å²) in [5.41, 5.74) is 0.930. The quantitative estimate of drug-likeness (QED) is 0.539. The minimum absolute atomic E-state index is 0.486. The summed E-state index contributed by atoms with van der Waals surface area (Å²) in [6.07, 6.45) is 0.213. The van der Waals surface area contributed by atoms with E-state index >= 15 is 0 Å². The molecule has 0 aromatic heterocycles. The Morgan fingerprint density at radius 1 is 1.62 bits per heavy atom. The van der Waals surface area contributed by atoms with Crippen LogP contribution in [0.1, 0.15) is 27.2 Å². The fourth-order valence-corrected chi connectivity index (χ4v) is 0.389. The molecule has 0 spiro atoms. The number of rotatable bonds is 2. The molecule has 0 heterocycles. The zero-order chi connectivity index (χ0) is 6.57. The van der Waals surface area contributed by atoms with Gasteiger partial charge in [-0.2, -0.15) is 0 Å². The van der Waals surface area contributed by atoms with Crippen LogP contribution in [0.2, 0.25) is 0 Å². The maximum Gasteiger partial charge on any atom is 0.144 e. The van der Waals surface area contributed by atoms with E-state index in [1.165, 1.54) is 0 Å². The third-order valence-corrected chi connectivity index (χ3v) is 0.772. The number of aliphatic hydroxyl groups excluding tert-OH is 1. The lowest BCUT2D eigenvalue weighted by atomic mass is 10.4. The van der Waals surface area contributed by atoms with Crippen molar-refractivity contribution in [2.24, 2.45) is 4.99 Å². The lowest BCUT2D eigenvalue weighted by Gasteiger charge is -1.99. The molecule has 0 bridgehead atoms. The summed E-state index contributed by atoms with van der Waals surface area (Å²) in [5.74, 6) is 0. The standard InChI is InChI=1S/C6H13NO/c1-4-6(8)7-5(2)3/h6,8H,4H2,1-3H3. The van der Waals surface area contributed by atoms with E-state index in [1.54, 1.807) is 0 Å². The van der Waals surface area contributed by atoms with E-state index in [0.717, 1.165) is 5.71 Å². The SMILES string of the molecule is CCC(O)N=C(C)C. The van der Waals surface area contributed by atoms with Gasteiger partial charge < -0.3 is 5.11 Å². The van der Waals surface area contributed by atoms with E-state index in [-0.39, 0.29) is 0 Å². The van der Waals surface area contributed by atoms with Crippen LogP contribution in [0.15, 0.2) is 4.99 Å². The maximum absolute atomic E-state index is 8.84. The van der Waals surface area contributed by atoms with Crippen molar-refractivity contribution >= 4 is 5.71 Å². The van der Waals surface area contributed by atoms with Crippen LogP contribution < -0.4 is 0 Å². The molecule has 0 fully saturated rings. The lowest BCUT2D eigenvalue weighted by Crippen LogP contribution is -2.01. The Bertz CT molecular complexity index is 84.5. The molecular weight excluding hydrogens is 102 g/mol. The second-order valence-corrected chi connectivity index (χ2v) is 1.97. The highest BCUT2D eigenvalue weighted by molar-refractivity contribution is 5.79. The van der Waals surface area contributed by atoms with E-state index in [2.05, 4.69) is 4.99 Å². The Kier molecular flexibility index (Phi) is 3.44. The summed E-state index contributed by atoms with van der Waals surface area (Å²) in [6.45, 7) is 5.65. The average Bonchev–Trinajstić information content (AvgIpc) is 1.65. The zero-order valence-electron chi connectivity index (χ0n) is 5.68. The fourth-order valence-electron chi connectivity index (χ4n) is 0.389. The highest BCUT2D eigenvalue weighted by atomic mass is 16.3. The van der Waals surface area contributed by atoms with Crippen LogP contribution in [0, 0.1) is 0 Å². The minimum Gasteiger partial charge on any atom is -0.372 e. The fraction of sp³-hybridized carbons (Fsp3) is 0.833. The van der Waals surface area contributed by atoms with Crippen LogP contribution in [0.3, 0.4) is 0 Å². The normalized spacial score (nSPS) is 13.0. The van der Waals surface area contributed by atoms with Crippen LogP contribution in [0.5, 0.6) is 0 Å². The monoisotopic (exact) mass is 115 g/mol. The van der Waals surface area contributed by atoms with E-state index in [9.17, 15) is 0 Å². The summed E-state index contributed by atoms with van der Waals surface area (Å²) in [7, 11) is 0. The highest BCUT2D eigenvalue weighted by Crippen LogP contribution is 1.91. The molecule has 8 heavy (non-hydrogen) atoms. The van der Waals surface area contributed by atoms with Crippen LogP contribution in [0.4, 0.5) is 0 Å². The van der Waals surface area contributed by atoms with Gasteiger partial charge in [-0.1, -0.05) is 6.92 Å².